The molecule has 0 heterocycles. The summed E-state index contributed by atoms with van der Waals surface area (Å²) in [5, 5.41) is 0. The van der Waals surface area contributed by atoms with Crippen LogP contribution in [0.15, 0.2) is 84.3 Å². The van der Waals surface area contributed by atoms with E-state index in [9.17, 15) is 4.79 Å². The Hall–Kier alpha value is -2.81. The van der Waals surface area contributed by atoms with E-state index >= 15 is 0 Å². The number of aldehydes is 1. The number of allylic oxidation sites excluding steroid dienone is 3. The SMILES string of the molecule is C/C(OCCCc1ccccc1)=C(\C=C/CC=O)OCc1ccccc1. The Morgan fingerprint density at radius 2 is 1.58 bits per heavy atom. The highest BCUT2D eigenvalue weighted by Crippen LogP contribution is 2.14. The summed E-state index contributed by atoms with van der Waals surface area (Å²) in [5.74, 6) is 1.39. The molecule has 0 fully saturated rings. The van der Waals surface area contributed by atoms with Gasteiger partial charge in [-0.1, -0.05) is 66.7 Å². The number of hydrogen-bond donors (Lipinski definition) is 0. The highest BCUT2D eigenvalue weighted by atomic mass is 16.5. The van der Waals surface area contributed by atoms with E-state index in [0.717, 1.165) is 30.5 Å². The summed E-state index contributed by atoms with van der Waals surface area (Å²) in [6.45, 7) is 2.99. The van der Waals surface area contributed by atoms with Crippen molar-refractivity contribution in [2.24, 2.45) is 0 Å². The third-order valence-corrected chi connectivity index (χ3v) is 3.86. The smallest absolute Gasteiger partial charge is 0.156 e. The van der Waals surface area contributed by atoms with E-state index in [0.29, 0.717) is 25.4 Å². The van der Waals surface area contributed by atoms with E-state index in [1.165, 1.54) is 5.56 Å². The molecule has 2 rings (SSSR count). The van der Waals surface area contributed by atoms with Crippen molar-refractivity contribution in [3.63, 3.8) is 0 Å². The number of aryl methyl sites for hydroxylation is 1. The summed E-state index contributed by atoms with van der Waals surface area (Å²) in [7, 11) is 0. The van der Waals surface area contributed by atoms with Crippen LogP contribution in [0.5, 0.6) is 0 Å². The normalized spacial score (nSPS) is 11.9. The lowest BCUT2D eigenvalue weighted by atomic mass is 10.1. The van der Waals surface area contributed by atoms with Gasteiger partial charge in [-0.3, -0.25) is 0 Å². The molecule has 0 saturated heterocycles. The summed E-state index contributed by atoms with van der Waals surface area (Å²) in [6.07, 6.45) is 6.73. The molecule has 0 aliphatic carbocycles. The maximum absolute atomic E-state index is 10.5. The zero-order valence-electron chi connectivity index (χ0n) is 15.3. The highest BCUT2D eigenvalue weighted by Gasteiger charge is 2.04. The molecule has 0 amide bonds. The fourth-order valence-electron chi connectivity index (χ4n) is 2.45. The molecule has 3 heteroatoms. The van der Waals surface area contributed by atoms with Gasteiger partial charge in [-0.2, -0.15) is 0 Å². The van der Waals surface area contributed by atoms with Crippen LogP contribution in [0.4, 0.5) is 0 Å². The molecule has 0 aliphatic heterocycles. The van der Waals surface area contributed by atoms with Crippen molar-refractivity contribution < 1.29 is 14.3 Å². The van der Waals surface area contributed by atoms with Crippen molar-refractivity contribution in [1.82, 2.24) is 0 Å². The maximum Gasteiger partial charge on any atom is 0.156 e. The van der Waals surface area contributed by atoms with Gasteiger partial charge < -0.3 is 14.3 Å². The van der Waals surface area contributed by atoms with Gasteiger partial charge in [0, 0.05) is 6.42 Å². The van der Waals surface area contributed by atoms with Gasteiger partial charge in [0.15, 0.2) is 5.76 Å². The summed E-state index contributed by atoms with van der Waals surface area (Å²) in [4.78, 5) is 10.5. The minimum atomic E-state index is 0.361. The van der Waals surface area contributed by atoms with Crippen LogP contribution in [0.3, 0.4) is 0 Å². The van der Waals surface area contributed by atoms with Crippen molar-refractivity contribution in [1.29, 1.82) is 0 Å². The molecule has 26 heavy (non-hydrogen) atoms. The van der Waals surface area contributed by atoms with Crippen LogP contribution in [-0.2, 0) is 27.3 Å². The summed E-state index contributed by atoms with van der Waals surface area (Å²) in [6, 6.07) is 20.3. The van der Waals surface area contributed by atoms with E-state index in [1.807, 2.05) is 49.4 Å². The lowest BCUT2D eigenvalue weighted by molar-refractivity contribution is -0.107. The topological polar surface area (TPSA) is 35.5 Å². The van der Waals surface area contributed by atoms with Crippen LogP contribution in [0.2, 0.25) is 0 Å². The fourth-order valence-corrected chi connectivity index (χ4v) is 2.45. The van der Waals surface area contributed by atoms with E-state index in [-0.39, 0.29) is 0 Å². The predicted octanol–water partition coefficient (Wildman–Crippen LogP) is 5.23. The molecule has 0 bridgehead atoms. The van der Waals surface area contributed by atoms with Crippen LogP contribution in [0.1, 0.15) is 30.9 Å². The van der Waals surface area contributed by atoms with Crippen molar-refractivity contribution >= 4 is 6.29 Å². The Kier molecular flexibility index (Phi) is 8.78. The molecule has 0 N–H and O–H groups in total. The van der Waals surface area contributed by atoms with Crippen molar-refractivity contribution in [3.8, 4) is 0 Å². The minimum Gasteiger partial charge on any atom is -0.494 e. The van der Waals surface area contributed by atoms with Crippen molar-refractivity contribution in [3.05, 3.63) is 95.5 Å². The molecule has 3 nitrogen and oxygen atoms in total. The first kappa shape index (κ1) is 19.5. The average Bonchev–Trinajstić information content (AvgIpc) is 2.69. The lowest BCUT2D eigenvalue weighted by Gasteiger charge is -2.13. The van der Waals surface area contributed by atoms with E-state index < -0.39 is 0 Å². The summed E-state index contributed by atoms with van der Waals surface area (Å²) < 4.78 is 11.8. The number of benzene rings is 2. The van der Waals surface area contributed by atoms with Crippen LogP contribution in [0, 0.1) is 0 Å². The van der Waals surface area contributed by atoms with Crippen LogP contribution in [-0.4, -0.2) is 12.9 Å². The van der Waals surface area contributed by atoms with Gasteiger partial charge in [0.25, 0.3) is 0 Å². The Morgan fingerprint density at radius 3 is 2.23 bits per heavy atom. The molecule has 2 aromatic rings. The number of rotatable bonds is 11. The Morgan fingerprint density at radius 1 is 0.923 bits per heavy atom. The van der Waals surface area contributed by atoms with Gasteiger partial charge in [-0.15, -0.1) is 0 Å². The van der Waals surface area contributed by atoms with E-state index in [2.05, 4.69) is 24.3 Å². The average molecular weight is 350 g/mol. The monoisotopic (exact) mass is 350 g/mol. The number of ether oxygens (including phenoxy) is 2. The van der Waals surface area contributed by atoms with Crippen LogP contribution >= 0.6 is 0 Å². The minimum absolute atomic E-state index is 0.361. The van der Waals surface area contributed by atoms with Crippen molar-refractivity contribution in [2.75, 3.05) is 6.61 Å². The fraction of sp³-hybridized carbons (Fsp3) is 0.261. The van der Waals surface area contributed by atoms with Crippen LogP contribution in [0.25, 0.3) is 0 Å². The molecular formula is C23H26O3. The quantitative estimate of drug-likeness (QED) is 0.241. The first-order chi connectivity index (χ1) is 12.8. The molecular weight excluding hydrogens is 324 g/mol. The second kappa shape index (κ2) is 11.7. The molecule has 0 spiro atoms. The highest BCUT2D eigenvalue weighted by molar-refractivity contribution is 5.52. The molecule has 0 atom stereocenters. The Labute approximate surface area is 156 Å². The molecule has 2 aromatic carbocycles. The Bertz CT molecular complexity index is 703. The second-order valence-electron chi connectivity index (χ2n) is 5.94. The summed E-state index contributed by atoms with van der Waals surface area (Å²) in [5.41, 5.74) is 2.40. The lowest BCUT2D eigenvalue weighted by Crippen LogP contribution is -2.01. The maximum atomic E-state index is 10.5. The molecule has 0 unspecified atom stereocenters. The van der Waals surface area contributed by atoms with Crippen molar-refractivity contribution in [2.45, 2.75) is 32.8 Å². The first-order valence-electron chi connectivity index (χ1n) is 8.94. The van der Waals surface area contributed by atoms with Gasteiger partial charge in [0.05, 0.1) is 6.61 Å². The zero-order chi connectivity index (χ0) is 18.5. The van der Waals surface area contributed by atoms with Crippen LogP contribution < -0.4 is 0 Å². The molecule has 0 aromatic heterocycles. The van der Waals surface area contributed by atoms with E-state index in [1.54, 1.807) is 6.08 Å². The first-order valence-corrected chi connectivity index (χ1v) is 8.94. The van der Waals surface area contributed by atoms with E-state index in [4.69, 9.17) is 9.47 Å². The Balaban J connectivity index is 1.89. The molecule has 0 aliphatic rings. The number of carbonyl (C=O) groups is 1. The predicted molar refractivity (Wildman–Crippen MR) is 104 cm³/mol. The largest absolute Gasteiger partial charge is 0.494 e. The van der Waals surface area contributed by atoms with Gasteiger partial charge in [0.2, 0.25) is 0 Å². The molecule has 0 saturated carbocycles. The molecule has 0 radical (unpaired) electrons. The number of carbonyl (C=O) groups excluding carboxylic acids is 1. The van der Waals surface area contributed by atoms with Gasteiger partial charge in [0.1, 0.15) is 18.7 Å². The number of hydrogen-bond acceptors (Lipinski definition) is 3. The van der Waals surface area contributed by atoms with Gasteiger partial charge in [-0.05, 0) is 37.0 Å². The second-order valence-corrected chi connectivity index (χ2v) is 5.94. The van der Waals surface area contributed by atoms with Gasteiger partial charge in [-0.25, -0.2) is 0 Å². The standard InChI is InChI=1S/C23H26O3/c1-20(25-18-10-15-21-11-4-2-5-12-21)23(16-8-9-17-24)26-19-22-13-6-3-7-14-22/h2-8,11-14,16-17H,9-10,15,18-19H2,1H3/b16-8-,23-20-. The third kappa shape index (κ3) is 7.39. The molecule has 136 valence electrons. The van der Waals surface area contributed by atoms with Gasteiger partial charge >= 0.3 is 0 Å². The third-order valence-electron chi connectivity index (χ3n) is 3.86. The summed E-state index contributed by atoms with van der Waals surface area (Å²) >= 11 is 0. The zero-order valence-corrected chi connectivity index (χ0v) is 15.3.